The highest BCUT2D eigenvalue weighted by atomic mass is 35.5. The summed E-state index contributed by atoms with van der Waals surface area (Å²) in [4.78, 5) is 17.2. The van der Waals surface area contributed by atoms with Gasteiger partial charge in [0.1, 0.15) is 5.75 Å². The molecule has 0 radical (unpaired) electrons. The maximum absolute atomic E-state index is 12.6. The van der Waals surface area contributed by atoms with E-state index in [2.05, 4.69) is 9.71 Å². The average Bonchev–Trinajstić information content (AvgIpc) is 2.99. The molecule has 2 aromatic carbocycles. The number of halogens is 1. The molecule has 3 aromatic rings. The third-order valence-electron chi connectivity index (χ3n) is 3.61. The van der Waals surface area contributed by atoms with Gasteiger partial charge in [-0.05, 0) is 42.5 Å². The first kappa shape index (κ1) is 19.4. The van der Waals surface area contributed by atoms with Crippen LogP contribution in [0, 0.1) is 0 Å². The smallest absolute Gasteiger partial charge is 0.261 e. The zero-order valence-electron chi connectivity index (χ0n) is 14.5. The van der Waals surface area contributed by atoms with Crippen LogP contribution < -0.4 is 9.46 Å². The quantitative estimate of drug-likeness (QED) is 0.655. The SMILES string of the molecule is CN(C)C(=O)COc1ccc(NS(=O)(=O)c2ccc3nc(Cl)sc3c2)cc1. The van der Waals surface area contributed by atoms with E-state index in [4.69, 9.17) is 16.3 Å². The molecule has 0 atom stereocenters. The molecule has 1 N–H and O–H groups in total. The number of likely N-dealkylation sites (N-methyl/N-ethyl adjacent to an activating group) is 1. The lowest BCUT2D eigenvalue weighted by atomic mass is 10.3. The molecule has 0 unspecified atom stereocenters. The summed E-state index contributed by atoms with van der Waals surface area (Å²) in [5.74, 6) is 0.298. The monoisotopic (exact) mass is 425 g/mol. The van der Waals surface area contributed by atoms with Gasteiger partial charge in [0.2, 0.25) is 0 Å². The zero-order chi connectivity index (χ0) is 19.6. The van der Waals surface area contributed by atoms with Crippen molar-refractivity contribution in [3.05, 3.63) is 46.9 Å². The number of benzene rings is 2. The van der Waals surface area contributed by atoms with Gasteiger partial charge in [-0.3, -0.25) is 9.52 Å². The van der Waals surface area contributed by atoms with E-state index in [-0.39, 0.29) is 17.4 Å². The maximum atomic E-state index is 12.6. The second-order valence-electron chi connectivity index (χ2n) is 5.80. The summed E-state index contributed by atoms with van der Waals surface area (Å²) >= 11 is 7.08. The fraction of sp³-hybridized carbons (Fsp3) is 0.176. The zero-order valence-corrected chi connectivity index (χ0v) is 16.9. The van der Waals surface area contributed by atoms with E-state index in [1.807, 2.05) is 0 Å². The second kappa shape index (κ2) is 7.71. The Kier molecular flexibility index (Phi) is 5.54. The van der Waals surface area contributed by atoms with Gasteiger partial charge in [0.05, 0.1) is 15.1 Å². The van der Waals surface area contributed by atoms with Gasteiger partial charge in [-0.1, -0.05) is 11.6 Å². The van der Waals surface area contributed by atoms with E-state index in [1.54, 1.807) is 44.4 Å². The number of rotatable bonds is 6. The average molecular weight is 426 g/mol. The van der Waals surface area contributed by atoms with Gasteiger partial charge in [0.25, 0.3) is 15.9 Å². The number of nitrogens with one attached hydrogen (secondary N) is 1. The second-order valence-corrected chi connectivity index (χ2v) is 9.10. The minimum absolute atomic E-state index is 0.0878. The molecule has 1 aromatic heterocycles. The lowest BCUT2D eigenvalue weighted by Gasteiger charge is -2.12. The van der Waals surface area contributed by atoms with Crippen molar-refractivity contribution in [1.29, 1.82) is 0 Å². The summed E-state index contributed by atoms with van der Waals surface area (Å²) < 4.78 is 34.1. The van der Waals surface area contributed by atoms with Gasteiger partial charge in [-0.2, -0.15) is 0 Å². The van der Waals surface area contributed by atoms with Crippen LogP contribution in [0.5, 0.6) is 5.75 Å². The predicted molar refractivity (Wildman–Crippen MR) is 106 cm³/mol. The molecule has 1 heterocycles. The van der Waals surface area contributed by atoms with E-state index >= 15 is 0 Å². The predicted octanol–water partition coefficient (Wildman–Crippen LogP) is 3.22. The topological polar surface area (TPSA) is 88.6 Å². The third kappa shape index (κ3) is 4.68. The highest BCUT2D eigenvalue weighted by molar-refractivity contribution is 7.92. The van der Waals surface area contributed by atoms with Crippen LogP contribution in [0.3, 0.4) is 0 Å². The number of fused-ring (bicyclic) bond motifs is 1. The molecule has 0 saturated carbocycles. The third-order valence-corrected chi connectivity index (χ3v) is 6.11. The number of hydrogen-bond donors (Lipinski definition) is 1. The number of thiazole rings is 1. The summed E-state index contributed by atoms with van der Waals surface area (Å²) in [6.45, 7) is -0.0878. The van der Waals surface area contributed by atoms with Crippen LogP contribution >= 0.6 is 22.9 Å². The van der Waals surface area contributed by atoms with Crippen molar-refractivity contribution in [3.63, 3.8) is 0 Å². The molecule has 0 aliphatic rings. The van der Waals surface area contributed by atoms with Crippen molar-refractivity contribution >= 4 is 54.8 Å². The molecular formula is C17H16ClN3O4S2. The minimum atomic E-state index is -3.76. The van der Waals surface area contributed by atoms with E-state index in [0.29, 0.717) is 26.1 Å². The van der Waals surface area contributed by atoms with Crippen LogP contribution in [-0.4, -0.2) is 44.9 Å². The lowest BCUT2D eigenvalue weighted by Crippen LogP contribution is -2.27. The largest absolute Gasteiger partial charge is 0.484 e. The molecule has 0 bridgehead atoms. The number of carbonyl (C=O) groups excluding carboxylic acids is 1. The maximum Gasteiger partial charge on any atom is 0.261 e. The summed E-state index contributed by atoms with van der Waals surface area (Å²) in [5, 5.41) is 0. The van der Waals surface area contributed by atoms with Crippen LogP contribution in [0.2, 0.25) is 4.47 Å². The number of amides is 1. The Morgan fingerprint density at radius 2 is 1.93 bits per heavy atom. The van der Waals surface area contributed by atoms with E-state index in [1.165, 1.54) is 28.4 Å². The fourth-order valence-corrected chi connectivity index (χ4v) is 4.38. The van der Waals surface area contributed by atoms with Crippen molar-refractivity contribution in [2.24, 2.45) is 0 Å². The molecule has 27 heavy (non-hydrogen) atoms. The van der Waals surface area contributed by atoms with E-state index in [0.717, 1.165) is 0 Å². The Morgan fingerprint density at radius 3 is 2.59 bits per heavy atom. The first-order valence-corrected chi connectivity index (χ1v) is 10.4. The number of carbonyl (C=O) groups is 1. The molecular weight excluding hydrogens is 410 g/mol. The van der Waals surface area contributed by atoms with Crippen LogP contribution in [0.1, 0.15) is 0 Å². The highest BCUT2D eigenvalue weighted by Gasteiger charge is 2.16. The molecule has 0 spiro atoms. The van der Waals surface area contributed by atoms with Crippen molar-refractivity contribution in [2.75, 3.05) is 25.4 Å². The Hall–Kier alpha value is -2.36. The molecule has 1 amide bonds. The van der Waals surface area contributed by atoms with Gasteiger partial charge >= 0.3 is 0 Å². The summed E-state index contributed by atoms with van der Waals surface area (Å²) in [6, 6.07) is 10.9. The first-order valence-electron chi connectivity index (χ1n) is 7.76. The van der Waals surface area contributed by atoms with E-state index in [9.17, 15) is 13.2 Å². The van der Waals surface area contributed by atoms with Crippen LogP contribution in [-0.2, 0) is 14.8 Å². The molecule has 10 heteroatoms. The number of hydrogen-bond acceptors (Lipinski definition) is 6. The first-order chi connectivity index (χ1) is 12.7. The van der Waals surface area contributed by atoms with Crippen molar-refractivity contribution in [1.82, 2.24) is 9.88 Å². The van der Waals surface area contributed by atoms with Crippen molar-refractivity contribution in [3.8, 4) is 5.75 Å². The number of anilines is 1. The number of ether oxygens (including phenoxy) is 1. The normalized spacial score (nSPS) is 11.4. The van der Waals surface area contributed by atoms with E-state index < -0.39 is 10.0 Å². The van der Waals surface area contributed by atoms with Crippen LogP contribution in [0.15, 0.2) is 47.4 Å². The standard InChI is InChI=1S/C17H16ClN3O4S2/c1-21(2)16(22)10-25-12-5-3-11(4-6-12)20-27(23,24)13-7-8-14-15(9-13)26-17(18)19-14/h3-9,20H,10H2,1-2H3. The molecule has 142 valence electrons. The number of nitrogens with zero attached hydrogens (tertiary/aromatic N) is 2. The molecule has 0 aliphatic heterocycles. The number of sulfonamides is 1. The molecule has 0 aliphatic carbocycles. The van der Waals surface area contributed by atoms with Crippen LogP contribution in [0.25, 0.3) is 10.2 Å². The van der Waals surface area contributed by atoms with Gasteiger partial charge in [0, 0.05) is 19.8 Å². The highest BCUT2D eigenvalue weighted by Crippen LogP contribution is 2.28. The Morgan fingerprint density at radius 1 is 1.22 bits per heavy atom. The van der Waals surface area contributed by atoms with Gasteiger partial charge in [-0.25, -0.2) is 13.4 Å². The summed E-state index contributed by atoms with van der Waals surface area (Å²) in [5.41, 5.74) is 1.03. The molecule has 7 nitrogen and oxygen atoms in total. The summed E-state index contributed by atoms with van der Waals surface area (Å²) in [7, 11) is -0.481. The Bertz CT molecular complexity index is 1080. The van der Waals surface area contributed by atoms with Gasteiger partial charge in [0.15, 0.2) is 11.1 Å². The fourth-order valence-electron chi connectivity index (χ4n) is 2.15. The van der Waals surface area contributed by atoms with Crippen molar-refractivity contribution < 1.29 is 17.9 Å². The van der Waals surface area contributed by atoms with Crippen LogP contribution in [0.4, 0.5) is 5.69 Å². The van der Waals surface area contributed by atoms with Crippen molar-refractivity contribution in [2.45, 2.75) is 4.90 Å². The lowest BCUT2D eigenvalue weighted by molar-refractivity contribution is -0.130. The Balaban J connectivity index is 1.72. The molecule has 0 saturated heterocycles. The molecule has 0 fully saturated rings. The summed E-state index contributed by atoms with van der Waals surface area (Å²) in [6.07, 6.45) is 0. The molecule has 3 rings (SSSR count). The number of aromatic nitrogens is 1. The van der Waals surface area contributed by atoms with Gasteiger partial charge < -0.3 is 9.64 Å². The van der Waals surface area contributed by atoms with Gasteiger partial charge in [-0.15, -0.1) is 11.3 Å². The Labute approximate surface area is 165 Å². The minimum Gasteiger partial charge on any atom is -0.484 e.